The summed E-state index contributed by atoms with van der Waals surface area (Å²) in [5.74, 6) is 1.35. The summed E-state index contributed by atoms with van der Waals surface area (Å²) >= 11 is 7.54. The summed E-state index contributed by atoms with van der Waals surface area (Å²) in [5, 5.41) is 3.50. The van der Waals surface area contributed by atoms with Crippen molar-refractivity contribution in [2.24, 2.45) is 0 Å². The van der Waals surface area contributed by atoms with Crippen molar-refractivity contribution >= 4 is 35.3 Å². The van der Waals surface area contributed by atoms with Crippen LogP contribution in [-0.4, -0.2) is 60.2 Å². The van der Waals surface area contributed by atoms with Crippen molar-refractivity contribution in [2.75, 3.05) is 38.5 Å². The fourth-order valence-electron chi connectivity index (χ4n) is 2.40. The number of amides is 3. The molecule has 7 heteroatoms. The van der Waals surface area contributed by atoms with Gasteiger partial charge in [0.1, 0.15) is 0 Å². The Labute approximate surface area is 146 Å². The minimum absolute atomic E-state index is 0.0464. The Balaban J connectivity index is 1.70. The van der Waals surface area contributed by atoms with E-state index in [2.05, 4.69) is 5.32 Å². The van der Waals surface area contributed by atoms with Crippen LogP contribution in [0.15, 0.2) is 24.3 Å². The van der Waals surface area contributed by atoms with Crippen LogP contribution in [0.3, 0.4) is 0 Å². The Morgan fingerprint density at radius 2 is 1.91 bits per heavy atom. The summed E-state index contributed by atoms with van der Waals surface area (Å²) in [5.41, 5.74) is 1.12. The van der Waals surface area contributed by atoms with Crippen molar-refractivity contribution in [3.8, 4) is 0 Å². The van der Waals surface area contributed by atoms with Crippen molar-refractivity contribution in [3.05, 3.63) is 34.9 Å². The average Bonchev–Trinajstić information content (AvgIpc) is 2.55. The van der Waals surface area contributed by atoms with Crippen LogP contribution in [0.4, 0.5) is 4.79 Å². The Morgan fingerprint density at radius 3 is 2.57 bits per heavy atom. The Bertz CT molecular complexity index is 548. The predicted octanol–water partition coefficient (Wildman–Crippen LogP) is 2.45. The average molecular weight is 356 g/mol. The summed E-state index contributed by atoms with van der Waals surface area (Å²) in [6, 6.07) is 7.64. The molecule has 126 valence electrons. The number of nitrogens with zero attached hydrogens (tertiary/aromatic N) is 2. The second-order valence-electron chi connectivity index (χ2n) is 5.33. The zero-order chi connectivity index (χ0) is 16.7. The molecule has 1 aliphatic heterocycles. The molecule has 1 aromatic carbocycles. The van der Waals surface area contributed by atoms with Gasteiger partial charge in [-0.1, -0.05) is 23.7 Å². The van der Waals surface area contributed by atoms with E-state index in [1.165, 1.54) is 0 Å². The molecular formula is C16H22ClN3O2S. The van der Waals surface area contributed by atoms with Crippen LogP contribution < -0.4 is 5.32 Å². The molecule has 2 rings (SSSR count). The monoisotopic (exact) mass is 355 g/mol. The lowest BCUT2D eigenvalue weighted by Crippen LogP contribution is -2.53. The minimum Gasteiger partial charge on any atom is -0.338 e. The number of hydrogen-bond acceptors (Lipinski definition) is 3. The smallest absolute Gasteiger partial charge is 0.317 e. The molecule has 0 spiro atoms. The van der Waals surface area contributed by atoms with Gasteiger partial charge in [0, 0.05) is 43.5 Å². The molecule has 0 aliphatic carbocycles. The third kappa shape index (κ3) is 5.62. The van der Waals surface area contributed by atoms with E-state index >= 15 is 0 Å². The number of hydrogen-bond donors (Lipinski definition) is 1. The van der Waals surface area contributed by atoms with Crippen LogP contribution in [0, 0.1) is 0 Å². The Kier molecular flexibility index (Phi) is 7.05. The lowest BCUT2D eigenvalue weighted by molar-refractivity contribution is -0.129. The molecule has 1 saturated heterocycles. The Hall–Kier alpha value is -1.40. The summed E-state index contributed by atoms with van der Waals surface area (Å²) in [6.45, 7) is 4.92. The van der Waals surface area contributed by atoms with Crippen LogP contribution in [0.2, 0.25) is 5.02 Å². The zero-order valence-electron chi connectivity index (χ0n) is 13.3. The number of carbonyl (C=O) groups excluding carboxylic acids is 2. The number of nitrogens with one attached hydrogen (secondary N) is 1. The fourth-order valence-corrected chi connectivity index (χ4v) is 3.48. The molecule has 0 unspecified atom stereocenters. The minimum atomic E-state index is -0.0464. The third-order valence-electron chi connectivity index (χ3n) is 3.63. The molecule has 1 aliphatic rings. The molecule has 1 aromatic rings. The molecule has 5 nitrogen and oxygen atoms in total. The maximum atomic E-state index is 12.2. The SMILES string of the molecule is CCNC(=O)N1CCN(C(=O)CSCc2cccc(Cl)c2)CC1. The second kappa shape index (κ2) is 9.03. The van der Waals surface area contributed by atoms with Gasteiger partial charge >= 0.3 is 6.03 Å². The van der Waals surface area contributed by atoms with Gasteiger partial charge in [-0.2, -0.15) is 0 Å². The van der Waals surface area contributed by atoms with Crippen LogP contribution in [0.1, 0.15) is 12.5 Å². The fraction of sp³-hybridized carbons (Fsp3) is 0.500. The van der Waals surface area contributed by atoms with Crippen LogP contribution in [0.5, 0.6) is 0 Å². The first-order valence-electron chi connectivity index (χ1n) is 7.73. The van der Waals surface area contributed by atoms with E-state index in [1.807, 2.05) is 36.1 Å². The largest absolute Gasteiger partial charge is 0.338 e. The summed E-state index contributed by atoms with van der Waals surface area (Å²) < 4.78 is 0. The molecule has 23 heavy (non-hydrogen) atoms. The zero-order valence-corrected chi connectivity index (χ0v) is 14.8. The molecule has 0 bridgehead atoms. The van der Waals surface area contributed by atoms with Gasteiger partial charge < -0.3 is 15.1 Å². The highest BCUT2D eigenvalue weighted by molar-refractivity contribution is 7.99. The molecule has 0 atom stereocenters. The quantitative estimate of drug-likeness (QED) is 0.882. The first-order chi connectivity index (χ1) is 11.1. The highest BCUT2D eigenvalue weighted by Gasteiger charge is 2.23. The van der Waals surface area contributed by atoms with Gasteiger partial charge in [-0.25, -0.2) is 4.79 Å². The third-order valence-corrected chi connectivity index (χ3v) is 4.85. The number of halogens is 1. The van der Waals surface area contributed by atoms with E-state index < -0.39 is 0 Å². The van der Waals surface area contributed by atoms with Gasteiger partial charge in [0.2, 0.25) is 5.91 Å². The van der Waals surface area contributed by atoms with Crippen LogP contribution in [-0.2, 0) is 10.5 Å². The number of benzene rings is 1. The second-order valence-corrected chi connectivity index (χ2v) is 6.75. The van der Waals surface area contributed by atoms with E-state index in [0.717, 1.165) is 16.3 Å². The molecule has 3 amide bonds. The van der Waals surface area contributed by atoms with Gasteiger partial charge in [0.25, 0.3) is 0 Å². The van der Waals surface area contributed by atoms with E-state index in [4.69, 9.17) is 11.6 Å². The van der Waals surface area contributed by atoms with E-state index in [0.29, 0.717) is 38.5 Å². The first-order valence-corrected chi connectivity index (χ1v) is 9.26. The topological polar surface area (TPSA) is 52.7 Å². The normalized spacial score (nSPS) is 14.7. The lowest BCUT2D eigenvalue weighted by Gasteiger charge is -2.34. The summed E-state index contributed by atoms with van der Waals surface area (Å²) in [7, 11) is 0. The number of urea groups is 1. The highest BCUT2D eigenvalue weighted by Crippen LogP contribution is 2.17. The number of piperazine rings is 1. The van der Waals surface area contributed by atoms with Crippen molar-refractivity contribution in [1.82, 2.24) is 15.1 Å². The number of thioether (sulfide) groups is 1. The molecule has 0 radical (unpaired) electrons. The van der Waals surface area contributed by atoms with E-state index in [9.17, 15) is 9.59 Å². The Morgan fingerprint density at radius 1 is 1.22 bits per heavy atom. The molecule has 1 fully saturated rings. The van der Waals surface area contributed by atoms with Gasteiger partial charge in [0.15, 0.2) is 0 Å². The van der Waals surface area contributed by atoms with Crippen LogP contribution in [0.25, 0.3) is 0 Å². The molecule has 1 N–H and O–H groups in total. The van der Waals surface area contributed by atoms with Crippen molar-refractivity contribution in [1.29, 1.82) is 0 Å². The summed E-state index contributed by atoms with van der Waals surface area (Å²) in [6.07, 6.45) is 0. The van der Waals surface area contributed by atoms with Crippen molar-refractivity contribution in [2.45, 2.75) is 12.7 Å². The van der Waals surface area contributed by atoms with E-state index in [1.54, 1.807) is 16.7 Å². The van der Waals surface area contributed by atoms with Gasteiger partial charge in [0.05, 0.1) is 5.75 Å². The van der Waals surface area contributed by atoms with Gasteiger partial charge in [-0.05, 0) is 24.6 Å². The molecule has 1 heterocycles. The first kappa shape index (κ1) is 17.9. The van der Waals surface area contributed by atoms with Crippen molar-refractivity contribution in [3.63, 3.8) is 0 Å². The lowest BCUT2D eigenvalue weighted by atomic mass is 10.2. The maximum absolute atomic E-state index is 12.2. The van der Waals surface area contributed by atoms with Gasteiger partial charge in [-0.15, -0.1) is 11.8 Å². The standard InChI is InChI=1S/C16H22ClN3O2S/c1-2-18-16(22)20-8-6-19(7-9-20)15(21)12-23-11-13-4-3-5-14(17)10-13/h3-5,10H,2,6-9,11-12H2,1H3,(H,18,22). The summed E-state index contributed by atoms with van der Waals surface area (Å²) in [4.78, 5) is 27.5. The van der Waals surface area contributed by atoms with Crippen LogP contribution >= 0.6 is 23.4 Å². The van der Waals surface area contributed by atoms with E-state index in [-0.39, 0.29) is 11.9 Å². The maximum Gasteiger partial charge on any atom is 0.317 e. The van der Waals surface area contributed by atoms with Gasteiger partial charge in [-0.3, -0.25) is 4.79 Å². The number of rotatable bonds is 5. The predicted molar refractivity (Wildman–Crippen MR) is 94.8 cm³/mol. The molecule has 0 saturated carbocycles. The highest BCUT2D eigenvalue weighted by atomic mass is 35.5. The molecule has 0 aromatic heterocycles. The number of carbonyl (C=O) groups is 2. The van der Waals surface area contributed by atoms with Crippen molar-refractivity contribution < 1.29 is 9.59 Å². The molecular weight excluding hydrogens is 334 g/mol.